The molecule has 1 fully saturated rings. The minimum Gasteiger partial charge on any atom is -0.375 e. The van der Waals surface area contributed by atoms with Crippen molar-refractivity contribution >= 4 is 23.1 Å². The molecule has 0 N–H and O–H groups in total. The lowest BCUT2D eigenvalue weighted by atomic mass is 10.1. The molecule has 0 radical (unpaired) electrons. The molecule has 1 aliphatic heterocycles. The highest BCUT2D eigenvalue weighted by Crippen LogP contribution is 2.20. The maximum atomic E-state index is 12.9. The number of carbonyl (C=O) groups excluding carboxylic acids is 2. The predicted molar refractivity (Wildman–Crippen MR) is 119 cm³/mol. The highest BCUT2D eigenvalue weighted by atomic mass is 16.2. The number of Topliss-reactive ketones (excluding diaryl/α,β-unsaturated/α-hetero) is 1. The van der Waals surface area contributed by atoms with Crippen LogP contribution in [0.15, 0.2) is 48.5 Å². The van der Waals surface area contributed by atoms with Gasteiger partial charge in [-0.15, -0.1) is 0 Å². The van der Waals surface area contributed by atoms with Gasteiger partial charge in [0.15, 0.2) is 5.78 Å². The van der Waals surface area contributed by atoms with Crippen LogP contribution >= 0.6 is 0 Å². The summed E-state index contributed by atoms with van der Waals surface area (Å²) < 4.78 is 0. The molecule has 1 aliphatic rings. The van der Waals surface area contributed by atoms with Crippen molar-refractivity contribution in [3.8, 4) is 0 Å². The summed E-state index contributed by atoms with van der Waals surface area (Å²) in [5.74, 6) is 0.175. The Morgan fingerprint density at radius 3 is 2.03 bits per heavy atom. The fourth-order valence-electron chi connectivity index (χ4n) is 3.64. The quantitative estimate of drug-likeness (QED) is 0.665. The molecule has 0 aromatic heterocycles. The normalized spacial score (nSPS) is 14.0. The predicted octanol–water partition coefficient (Wildman–Crippen LogP) is 4.09. The molecule has 2 aromatic carbocycles. The van der Waals surface area contributed by atoms with Crippen LogP contribution in [0.3, 0.4) is 0 Å². The largest absolute Gasteiger partial charge is 0.375 e. The van der Waals surface area contributed by atoms with Gasteiger partial charge in [0.05, 0.1) is 0 Å². The summed E-state index contributed by atoms with van der Waals surface area (Å²) in [7, 11) is 2.09. The molecule has 2 aromatic rings. The number of ketones is 1. The van der Waals surface area contributed by atoms with Crippen LogP contribution in [-0.2, 0) is 0 Å². The molecule has 154 valence electrons. The maximum absolute atomic E-state index is 12.9. The van der Waals surface area contributed by atoms with E-state index in [9.17, 15) is 9.59 Å². The third kappa shape index (κ3) is 5.17. The van der Waals surface area contributed by atoms with Crippen molar-refractivity contribution in [2.45, 2.75) is 26.7 Å². The zero-order valence-corrected chi connectivity index (χ0v) is 17.7. The molecule has 0 atom stereocenters. The minimum absolute atomic E-state index is 0.0783. The summed E-state index contributed by atoms with van der Waals surface area (Å²) in [6.07, 6.45) is 2.34. The van der Waals surface area contributed by atoms with Gasteiger partial charge in [-0.2, -0.15) is 0 Å². The molecule has 0 spiro atoms. The highest BCUT2D eigenvalue weighted by Gasteiger charge is 2.22. The first-order valence-corrected chi connectivity index (χ1v) is 10.5. The Balaban J connectivity index is 1.56. The van der Waals surface area contributed by atoms with Crippen LogP contribution in [0.2, 0.25) is 0 Å². The Hall–Kier alpha value is -2.82. The zero-order valence-electron chi connectivity index (χ0n) is 17.7. The van der Waals surface area contributed by atoms with Crippen molar-refractivity contribution in [1.82, 2.24) is 4.90 Å². The second kappa shape index (κ2) is 9.59. The van der Waals surface area contributed by atoms with Gasteiger partial charge in [0, 0.05) is 62.3 Å². The Labute approximate surface area is 173 Å². The van der Waals surface area contributed by atoms with E-state index in [1.165, 1.54) is 12.8 Å². The number of piperazine rings is 1. The Kier molecular flexibility index (Phi) is 6.91. The van der Waals surface area contributed by atoms with Crippen LogP contribution in [-0.4, -0.2) is 56.4 Å². The molecular formula is C24H31N3O2. The van der Waals surface area contributed by atoms with E-state index < -0.39 is 0 Å². The van der Waals surface area contributed by atoms with E-state index in [1.807, 2.05) is 53.4 Å². The highest BCUT2D eigenvalue weighted by molar-refractivity contribution is 5.95. The third-order valence-corrected chi connectivity index (χ3v) is 5.61. The van der Waals surface area contributed by atoms with Gasteiger partial charge >= 0.3 is 0 Å². The van der Waals surface area contributed by atoms with Gasteiger partial charge in [0.1, 0.15) is 0 Å². The van der Waals surface area contributed by atoms with Gasteiger partial charge in [-0.25, -0.2) is 0 Å². The number of rotatable bonds is 7. The van der Waals surface area contributed by atoms with Crippen LogP contribution in [0, 0.1) is 0 Å². The topological polar surface area (TPSA) is 43.9 Å². The van der Waals surface area contributed by atoms with Gasteiger partial charge in [-0.05, 0) is 61.9 Å². The molecule has 5 nitrogen and oxygen atoms in total. The molecule has 5 heteroatoms. The second-order valence-electron chi connectivity index (χ2n) is 7.70. The number of hydrogen-bond donors (Lipinski definition) is 0. The minimum atomic E-state index is 0.0783. The summed E-state index contributed by atoms with van der Waals surface area (Å²) >= 11 is 0. The first-order chi connectivity index (χ1) is 14.0. The number of hydrogen-bond acceptors (Lipinski definition) is 4. The van der Waals surface area contributed by atoms with E-state index >= 15 is 0 Å². The molecule has 1 saturated heterocycles. The lowest BCUT2D eigenvalue weighted by molar-refractivity contribution is 0.0746. The van der Waals surface area contributed by atoms with Gasteiger partial charge < -0.3 is 14.7 Å². The lowest BCUT2D eigenvalue weighted by Crippen LogP contribution is -2.48. The molecule has 1 heterocycles. The molecule has 0 unspecified atom stereocenters. The summed E-state index contributed by atoms with van der Waals surface area (Å²) in [4.78, 5) is 30.7. The molecule has 0 saturated carbocycles. The van der Waals surface area contributed by atoms with Crippen LogP contribution in [0.4, 0.5) is 11.4 Å². The fourth-order valence-corrected chi connectivity index (χ4v) is 3.64. The number of benzene rings is 2. The SMILES string of the molecule is CCCCN(C)c1ccc(C(=O)N2CCN(c3ccc(C(C)=O)cc3)CC2)cc1. The summed E-state index contributed by atoms with van der Waals surface area (Å²) in [6, 6.07) is 15.7. The van der Waals surface area contributed by atoms with Crippen molar-refractivity contribution in [2.75, 3.05) is 49.6 Å². The van der Waals surface area contributed by atoms with Crippen LogP contribution < -0.4 is 9.80 Å². The van der Waals surface area contributed by atoms with E-state index in [0.717, 1.165) is 42.1 Å². The number of carbonyl (C=O) groups is 2. The average Bonchev–Trinajstić information content (AvgIpc) is 2.77. The zero-order chi connectivity index (χ0) is 20.8. The molecule has 0 bridgehead atoms. The smallest absolute Gasteiger partial charge is 0.253 e. The van der Waals surface area contributed by atoms with Crippen molar-refractivity contribution < 1.29 is 9.59 Å². The molecule has 3 rings (SSSR count). The second-order valence-corrected chi connectivity index (χ2v) is 7.70. The van der Waals surface area contributed by atoms with Gasteiger partial charge in [-0.3, -0.25) is 9.59 Å². The van der Waals surface area contributed by atoms with E-state index in [-0.39, 0.29) is 11.7 Å². The molecule has 29 heavy (non-hydrogen) atoms. The number of unbranched alkanes of at least 4 members (excludes halogenated alkanes) is 1. The van der Waals surface area contributed by atoms with Crippen molar-refractivity contribution in [3.05, 3.63) is 59.7 Å². The van der Waals surface area contributed by atoms with Crippen molar-refractivity contribution in [2.24, 2.45) is 0 Å². The average molecular weight is 394 g/mol. The van der Waals surface area contributed by atoms with E-state index in [0.29, 0.717) is 13.1 Å². The fraction of sp³-hybridized carbons (Fsp3) is 0.417. The maximum Gasteiger partial charge on any atom is 0.253 e. The van der Waals surface area contributed by atoms with Crippen molar-refractivity contribution in [3.63, 3.8) is 0 Å². The lowest BCUT2D eigenvalue weighted by Gasteiger charge is -2.36. The van der Waals surface area contributed by atoms with E-state index in [1.54, 1.807) is 6.92 Å². The van der Waals surface area contributed by atoms with Crippen molar-refractivity contribution in [1.29, 1.82) is 0 Å². The van der Waals surface area contributed by atoms with E-state index in [4.69, 9.17) is 0 Å². The van der Waals surface area contributed by atoms with Gasteiger partial charge in [0.25, 0.3) is 5.91 Å². The molecular weight excluding hydrogens is 362 g/mol. The van der Waals surface area contributed by atoms with Gasteiger partial charge in [-0.1, -0.05) is 13.3 Å². The van der Waals surface area contributed by atoms with Crippen LogP contribution in [0.25, 0.3) is 0 Å². The standard InChI is InChI=1S/C24H31N3O2/c1-4-5-14-25(3)22-10-8-21(9-11-22)24(29)27-17-15-26(16-18-27)23-12-6-20(7-13-23)19(2)28/h6-13H,4-5,14-18H2,1-3H3. The van der Waals surface area contributed by atoms with E-state index in [2.05, 4.69) is 23.8 Å². The molecule has 1 amide bonds. The summed E-state index contributed by atoms with van der Waals surface area (Å²) in [5, 5.41) is 0. The summed E-state index contributed by atoms with van der Waals surface area (Å²) in [5.41, 5.74) is 3.72. The monoisotopic (exact) mass is 393 g/mol. The van der Waals surface area contributed by atoms with Gasteiger partial charge in [0.2, 0.25) is 0 Å². The Morgan fingerprint density at radius 1 is 0.897 bits per heavy atom. The number of anilines is 2. The van der Waals surface area contributed by atoms with Crippen LogP contribution in [0.5, 0.6) is 0 Å². The summed E-state index contributed by atoms with van der Waals surface area (Å²) in [6.45, 7) is 7.79. The third-order valence-electron chi connectivity index (χ3n) is 5.61. The molecule has 0 aliphatic carbocycles. The number of amides is 1. The Bertz CT molecular complexity index is 822. The first-order valence-electron chi connectivity index (χ1n) is 10.5. The Morgan fingerprint density at radius 2 is 1.48 bits per heavy atom. The number of nitrogens with zero attached hydrogens (tertiary/aromatic N) is 3. The first kappa shape index (κ1) is 20.9. The van der Waals surface area contributed by atoms with Crippen LogP contribution in [0.1, 0.15) is 47.4 Å².